The van der Waals surface area contributed by atoms with Gasteiger partial charge in [0.2, 0.25) is 0 Å². The minimum atomic E-state index is 0.326. The van der Waals surface area contributed by atoms with Gasteiger partial charge in [-0.1, -0.05) is 6.92 Å². The van der Waals surface area contributed by atoms with Crippen LogP contribution in [0.15, 0.2) is 18.5 Å². The van der Waals surface area contributed by atoms with E-state index in [0.29, 0.717) is 12.1 Å². The number of pyridine rings is 1. The Balaban J connectivity index is 2.45. The van der Waals surface area contributed by atoms with Crippen molar-refractivity contribution in [3.05, 3.63) is 18.5 Å². The van der Waals surface area contributed by atoms with Crippen LogP contribution in [0, 0.1) is 0 Å². The molecule has 2 heterocycles. The summed E-state index contributed by atoms with van der Waals surface area (Å²) in [5.74, 6) is 0. The number of rotatable bonds is 6. The summed E-state index contributed by atoms with van der Waals surface area (Å²) in [6.07, 6.45) is 5.49. The maximum Gasteiger partial charge on any atom is 0.297 e. The van der Waals surface area contributed by atoms with E-state index >= 15 is 0 Å². The molecule has 0 aliphatic heterocycles. The Kier molecular flexibility index (Phi) is 4.15. The number of fused-ring (bicyclic) bond motifs is 1. The molecule has 0 aliphatic rings. The third-order valence-corrected chi connectivity index (χ3v) is 3.13. The Hall–Kier alpha value is -1.62. The van der Waals surface area contributed by atoms with E-state index < -0.39 is 0 Å². The number of methoxy groups -OCH3 is 2. The van der Waals surface area contributed by atoms with E-state index in [9.17, 15) is 0 Å². The topological polar surface area (TPSA) is 49.2 Å². The second-order valence-electron chi connectivity index (χ2n) is 4.18. The van der Waals surface area contributed by atoms with Gasteiger partial charge in [0.1, 0.15) is 5.52 Å². The van der Waals surface area contributed by atoms with Crippen LogP contribution in [0.1, 0.15) is 25.8 Å². The summed E-state index contributed by atoms with van der Waals surface area (Å²) < 4.78 is 12.7. The minimum absolute atomic E-state index is 0.326. The van der Waals surface area contributed by atoms with Crippen molar-refractivity contribution in [1.29, 1.82) is 0 Å². The lowest BCUT2D eigenvalue weighted by Gasteiger charge is -2.19. The summed E-state index contributed by atoms with van der Waals surface area (Å²) in [5.41, 5.74) is 1.93. The number of hydrogen-bond donors (Lipinski definition) is 0. The van der Waals surface area contributed by atoms with Crippen molar-refractivity contribution >= 4 is 11.0 Å². The molecule has 0 aliphatic carbocycles. The molecule has 1 unspecified atom stereocenters. The molecule has 0 saturated heterocycles. The lowest BCUT2D eigenvalue weighted by atomic mass is 10.1. The molecule has 18 heavy (non-hydrogen) atoms. The molecule has 5 heteroatoms. The fourth-order valence-electron chi connectivity index (χ4n) is 2.20. The summed E-state index contributed by atoms with van der Waals surface area (Å²) in [6, 6.07) is 2.94. The van der Waals surface area contributed by atoms with Gasteiger partial charge in [0.25, 0.3) is 6.01 Å². The number of nitrogens with zero attached hydrogens (tertiary/aromatic N) is 3. The molecule has 0 radical (unpaired) electrons. The fraction of sp³-hybridized carbons (Fsp3) is 0.538. The summed E-state index contributed by atoms with van der Waals surface area (Å²) >= 11 is 0. The molecule has 0 fully saturated rings. The smallest absolute Gasteiger partial charge is 0.297 e. The van der Waals surface area contributed by atoms with Crippen molar-refractivity contribution in [2.75, 3.05) is 20.8 Å². The summed E-state index contributed by atoms with van der Waals surface area (Å²) in [5, 5.41) is 0. The standard InChI is InChI=1S/C13H19N3O2/c1-4-10(6-8-17-2)16-12-5-7-14-9-11(12)15-13(16)18-3/h5,7,9-10H,4,6,8H2,1-3H3. The van der Waals surface area contributed by atoms with Crippen LogP contribution in [0.2, 0.25) is 0 Å². The second-order valence-corrected chi connectivity index (χ2v) is 4.18. The van der Waals surface area contributed by atoms with Gasteiger partial charge in [-0.3, -0.25) is 9.55 Å². The Morgan fingerprint density at radius 2 is 2.22 bits per heavy atom. The molecule has 5 nitrogen and oxygen atoms in total. The molecule has 2 rings (SSSR count). The monoisotopic (exact) mass is 249 g/mol. The Morgan fingerprint density at radius 1 is 1.39 bits per heavy atom. The van der Waals surface area contributed by atoms with Gasteiger partial charge in [0.05, 0.1) is 18.8 Å². The van der Waals surface area contributed by atoms with Crippen LogP contribution in [0.5, 0.6) is 6.01 Å². The molecule has 0 aromatic carbocycles. The van der Waals surface area contributed by atoms with Crippen LogP contribution in [-0.4, -0.2) is 35.4 Å². The Morgan fingerprint density at radius 3 is 2.89 bits per heavy atom. The van der Waals surface area contributed by atoms with Gasteiger partial charge in [0, 0.05) is 26.0 Å². The van der Waals surface area contributed by atoms with Crippen LogP contribution in [0.4, 0.5) is 0 Å². The molecule has 0 bridgehead atoms. The Labute approximate surface area is 107 Å². The molecular formula is C13H19N3O2. The molecule has 1 atom stereocenters. The lowest BCUT2D eigenvalue weighted by molar-refractivity contribution is 0.175. The van der Waals surface area contributed by atoms with Crippen LogP contribution < -0.4 is 4.74 Å². The molecule has 2 aromatic heterocycles. The van der Waals surface area contributed by atoms with Crippen molar-refractivity contribution in [3.8, 4) is 6.01 Å². The van der Waals surface area contributed by atoms with E-state index in [1.165, 1.54) is 0 Å². The SMILES string of the molecule is CCC(CCOC)n1c(OC)nc2cnccc21. The number of hydrogen-bond acceptors (Lipinski definition) is 4. The van der Waals surface area contributed by atoms with E-state index in [1.807, 2.05) is 6.07 Å². The highest BCUT2D eigenvalue weighted by Gasteiger charge is 2.18. The molecule has 0 N–H and O–H groups in total. The lowest BCUT2D eigenvalue weighted by Crippen LogP contribution is -2.12. The molecule has 2 aromatic rings. The Bertz CT molecular complexity index is 510. The van der Waals surface area contributed by atoms with Gasteiger partial charge in [-0.2, -0.15) is 4.98 Å². The van der Waals surface area contributed by atoms with Gasteiger partial charge in [-0.15, -0.1) is 0 Å². The molecule has 0 amide bonds. The van der Waals surface area contributed by atoms with Gasteiger partial charge >= 0.3 is 0 Å². The van der Waals surface area contributed by atoms with E-state index in [1.54, 1.807) is 26.6 Å². The maximum atomic E-state index is 5.38. The van der Waals surface area contributed by atoms with Gasteiger partial charge in [0.15, 0.2) is 0 Å². The van der Waals surface area contributed by atoms with Crippen LogP contribution in [0.3, 0.4) is 0 Å². The zero-order valence-electron chi connectivity index (χ0n) is 11.1. The van der Waals surface area contributed by atoms with E-state index in [4.69, 9.17) is 9.47 Å². The van der Waals surface area contributed by atoms with Crippen molar-refractivity contribution in [2.45, 2.75) is 25.8 Å². The zero-order valence-corrected chi connectivity index (χ0v) is 11.1. The highest BCUT2D eigenvalue weighted by Crippen LogP contribution is 2.28. The third kappa shape index (κ3) is 2.31. The van der Waals surface area contributed by atoms with Gasteiger partial charge in [-0.25, -0.2) is 0 Å². The summed E-state index contributed by atoms with van der Waals surface area (Å²) in [7, 11) is 3.37. The van der Waals surface area contributed by atoms with Crippen LogP contribution in [-0.2, 0) is 4.74 Å². The zero-order chi connectivity index (χ0) is 13.0. The molecule has 0 spiro atoms. The fourth-order valence-corrected chi connectivity index (χ4v) is 2.20. The first kappa shape index (κ1) is 12.8. The molecular weight excluding hydrogens is 230 g/mol. The van der Waals surface area contributed by atoms with Gasteiger partial charge < -0.3 is 9.47 Å². The number of ether oxygens (including phenoxy) is 2. The largest absolute Gasteiger partial charge is 0.468 e. The number of aromatic nitrogens is 3. The summed E-state index contributed by atoms with van der Waals surface area (Å²) in [6.45, 7) is 2.89. The average Bonchev–Trinajstić information content (AvgIpc) is 2.79. The first-order valence-corrected chi connectivity index (χ1v) is 6.16. The van der Waals surface area contributed by atoms with Crippen LogP contribution in [0.25, 0.3) is 11.0 Å². The maximum absolute atomic E-state index is 5.38. The van der Waals surface area contributed by atoms with E-state index in [0.717, 1.165) is 30.5 Å². The van der Waals surface area contributed by atoms with E-state index in [-0.39, 0.29) is 0 Å². The minimum Gasteiger partial charge on any atom is -0.468 e. The summed E-state index contributed by atoms with van der Waals surface area (Å²) in [4.78, 5) is 8.54. The normalized spacial score (nSPS) is 12.8. The van der Waals surface area contributed by atoms with Crippen molar-refractivity contribution < 1.29 is 9.47 Å². The molecule has 98 valence electrons. The highest BCUT2D eigenvalue weighted by atomic mass is 16.5. The number of imidazole rings is 1. The second kappa shape index (κ2) is 5.82. The first-order chi connectivity index (χ1) is 8.81. The van der Waals surface area contributed by atoms with Crippen molar-refractivity contribution in [2.24, 2.45) is 0 Å². The molecule has 0 saturated carbocycles. The average molecular weight is 249 g/mol. The third-order valence-electron chi connectivity index (χ3n) is 3.13. The quantitative estimate of drug-likeness (QED) is 0.789. The first-order valence-electron chi connectivity index (χ1n) is 6.16. The predicted octanol–water partition coefficient (Wildman–Crippen LogP) is 2.43. The van der Waals surface area contributed by atoms with Crippen molar-refractivity contribution in [3.63, 3.8) is 0 Å². The highest BCUT2D eigenvalue weighted by molar-refractivity contribution is 5.75. The van der Waals surface area contributed by atoms with Crippen LogP contribution >= 0.6 is 0 Å². The van der Waals surface area contributed by atoms with Gasteiger partial charge in [-0.05, 0) is 18.9 Å². The van der Waals surface area contributed by atoms with E-state index in [2.05, 4.69) is 21.5 Å². The predicted molar refractivity (Wildman–Crippen MR) is 69.9 cm³/mol. The van der Waals surface area contributed by atoms with Crippen molar-refractivity contribution in [1.82, 2.24) is 14.5 Å².